The van der Waals surface area contributed by atoms with E-state index < -0.39 is 0 Å². The maximum atomic E-state index is 5.61. The van der Waals surface area contributed by atoms with E-state index in [2.05, 4.69) is 15.9 Å². The highest BCUT2D eigenvalue weighted by Crippen LogP contribution is 2.17. The fourth-order valence-electron chi connectivity index (χ4n) is 1.76. The molecule has 0 aliphatic rings. The first-order valence-electron chi connectivity index (χ1n) is 6.50. The Morgan fingerprint density at radius 1 is 1.10 bits per heavy atom. The molecule has 2 aromatic carbocycles. The Bertz CT molecular complexity index is 619. The lowest BCUT2D eigenvalue weighted by Gasteiger charge is -2.09. The smallest absolute Gasteiger partial charge is 0.120 e. The van der Waals surface area contributed by atoms with E-state index in [1.54, 1.807) is 0 Å². The molecular formula is C16H16BrNO2S. The second-order valence-corrected chi connectivity index (χ2v) is 5.68. The highest BCUT2D eigenvalue weighted by atomic mass is 79.9. The molecule has 110 valence electrons. The summed E-state index contributed by atoms with van der Waals surface area (Å²) in [5.74, 6) is 0.741. The van der Waals surface area contributed by atoms with Gasteiger partial charge in [0, 0.05) is 10.0 Å². The summed E-state index contributed by atoms with van der Waals surface area (Å²) in [6.07, 6.45) is 0. The summed E-state index contributed by atoms with van der Waals surface area (Å²) in [4.78, 5) is 0.366. The van der Waals surface area contributed by atoms with Crippen molar-refractivity contribution in [3.8, 4) is 5.75 Å². The second kappa shape index (κ2) is 8.12. The zero-order chi connectivity index (χ0) is 15.1. The molecule has 0 saturated heterocycles. The highest BCUT2D eigenvalue weighted by molar-refractivity contribution is 9.10. The number of rotatable bonds is 7. The van der Waals surface area contributed by atoms with Crippen molar-refractivity contribution in [1.82, 2.24) is 0 Å². The van der Waals surface area contributed by atoms with Crippen molar-refractivity contribution in [2.45, 2.75) is 6.61 Å². The number of hydrogen-bond donors (Lipinski definition) is 1. The van der Waals surface area contributed by atoms with E-state index >= 15 is 0 Å². The Labute approximate surface area is 138 Å². The molecule has 21 heavy (non-hydrogen) atoms. The Balaban J connectivity index is 1.74. The van der Waals surface area contributed by atoms with Crippen molar-refractivity contribution < 1.29 is 9.47 Å². The molecule has 0 unspecified atom stereocenters. The van der Waals surface area contributed by atoms with Crippen LogP contribution >= 0.6 is 28.1 Å². The van der Waals surface area contributed by atoms with Crippen molar-refractivity contribution >= 4 is 33.1 Å². The van der Waals surface area contributed by atoms with Crippen LogP contribution in [0.1, 0.15) is 11.1 Å². The van der Waals surface area contributed by atoms with Crippen LogP contribution in [-0.4, -0.2) is 18.2 Å². The predicted molar refractivity (Wildman–Crippen MR) is 91.6 cm³/mol. The molecule has 3 nitrogen and oxygen atoms in total. The van der Waals surface area contributed by atoms with E-state index in [1.807, 2.05) is 48.5 Å². The number of benzene rings is 2. The van der Waals surface area contributed by atoms with Gasteiger partial charge in [0.15, 0.2) is 0 Å². The fourth-order valence-corrected chi connectivity index (χ4v) is 2.28. The first-order chi connectivity index (χ1) is 10.2. The fraction of sp³-hybridized carbons (Fsp3) is 0.188. The first-order valence-corrected chi connectivity index (χ1v) is 7.71. The van der Waals surface area contributed by atoms with Crippen molar-refractivity contribution in [2.24, 2.45) is 5.73 Å². The van der Waals surface area contributed by atoms with Gasteiger partial charge >= 0.3 is 0 Å². The highest BCUT2D eigenvalue weighted by Gasteiger charge is 2.00. The third-order valence-corrected chi connectivity index (χ3v) is 3.84. The minimum Gasteiger partial charge on any atom is -0.491 e. The lowest BCUT2D eigenvalue weighted by atomic mass is 10.2. The molecule has 0 spiro atoms. The molecular weight excluding hydrogens is 350 g/mol. The number of nitrogens with two attached hydrogens (primary N) is 1. The molecule has 0 bridgehead atoms. The maximum absolute atomic E-state index is 5.61. The van der Waals surface area contributed by atoms with Crippen LogP contribution < -0.4 is 10.5 Å². The third-order valence-electron chi connectivity index (χ3n) is 2.83. The molecule has 0 heterocycles. The maximum Gasteiger partial charge on any atom is 0.120 e. The van der Waals surface area contributed by atoms with Gasteiger partial charge in [-0.05, 0) is 23.8 Å². The minimum atomic E-state index is 0.366. The average molecular weight is 366 g/mol. The largest absolute Gasteiger partial charge is 0.491 e. The standard InChI is InChI=1S/C16H16BrNO2S/c17-15-7-2-1-4-13(15)11-19-8-9-20-14-6-3-5-12(10-14)16(18)21/h1-7,10H,8-9,11H2,(H2,18,21). The van der Waals surface area contributed by atoms with Crippen LogP contribution in [0.4, 0.5) is 0 Å². The van der Waals surface area contributed by atoms with E-state index in [1.165, 1.54) is 0 Å². The summed E-state index contributed by atoms with van der Waals surface area (Å²) in [5.41, 5.74) is 7.51. The van der Waals surface area contributed by atoms with Crippen LogP contribution in [-0.2, 0) is 11.3 Å². The second-order valence-electron chi connectivity index (χ2n) is 4.38. The summed E-state index contributed by atoms with van der Waals surface area (Å²) < 4.78 is 12.3. The molecule has 0 saturated carbocycles. The third kappa shape index (κ3) is 5.12. The number of hydrogen-bond acceptors (Lipinski definition) is 3. The average Bonchev–Trinajstić information content (AvgIpc) is 2.49. The van der Waals surface area contributed by atoms with Gasteiger partial charge < -0.3 is 15.2 Å². The van der Waals surface area contributed by atoms with E-state index in [0.717, 1.165) is 21.3 Å². The molecule has 0 fully saturated rings. The summed E-state index contributed by atoms with van der Waals surface area (Å²) in [6.45, 7) is 1.54. The van der Waals surface area contributed by atoms with Crippen LogP contribution in [0.15, 0.2) is 53.0 Å². The molecule has 0 amide bonds. The van der Waals surface area contributed by atoms with Gasteiger partial charge in [-0.25, -0.2) is 0 Å². The van der Waals surface area contributed by atoms with Crippen molar-refractivity contribution in [3.05, 3.63) is 64.1 Å². The lowest BCUT2D eigenvalue weighted by Crippen LogP contribution is -2.10. The van der Waals surface area contributed by atoms with Crippen LogP contribution in [0, 0.1) is 0 Å². The first kappa shape index (κ1) is 15.9. The minimum absolute atomic E-state index is 0.366. The van der Waals surface area contributed by atoms with Crippen molar-refractivity contribution in [2.75, 3.05) is 13.2 Å². The monoisotopic (exact) mass is 365 g/mol. The topological polar surface area (TPSA) is 44.5 Å². The molecule has 2 N–H and O–H groups in total. The Hall–Kier alpha value is -1.43. The molecule has 0 aromatic heterocycles. The van der Waals surface area contributed by atoms with Gasteiger partial charge in [0.25, 0.3) is 0 Å². The predicted octanol–water partition coefficient (Wildman–Crippen LogP) is 3.68. The van der Waals surface area contributed by atoms with Gasteiger partial charge in [0.05, 0.1) is 13.2 Å². The van der Waals surface area contributed by atoms with E-state index in [0.29, 0.717) is 24.8 Å². The molecule has 5 heteroatoms. The summed E-state index contributed by atoms with van der Waals surface area (Å²) in [5, 5.41) is 0. The van der Waals surface area contributed by atoms with Crippen LogP contribution in [0.25, 0.3) is 0 Å². The Morgan fingerprint density at radius 3 is 2.67 bits per heavy atom. The van der Waals surface area contributed by atoms with Gasteiger partial charge in [-0.1, -0.05) is 58.5 Å². The number of thiocarbonyl (C=S) groups is 1. The van der Waals surface area contributed by atoms with E-state index in [9.17, 15) is 0 Å². The molecule has 2 aromatic rings. The zero-order valence-electron chi connectivity index (χ0n) is 11.4. The van der Waals surface area contributed by atoms with Gasteiger partial charge in [0.2, 0.25) is 0 Å². The van der Waals surface area contributed by atoms with Crippen molar-refractivity contribution in [3.63, 3.8) is 0 Å². The van der Waals surface area contributed by atoms with Crippen molar-refractivity contribution in [1.29, 1.82) is 0 Å². The van der Waals surface area contributed by atoms with Gasteiger partial charge in [-0.3, -0.25) is 0 Å². The van der Waals surface area contributed by atoms with Crippen LogP contribution in [0.3, 0.4) is 0 Å². The number of ether oxygens (including phenoxy) is 2. The molecule has 0 atom stereocenters. The Morgan fingerprint density at radius 2 is 1.90 bits per heavy atom. The van der Waals surface area contributed by atoms with Gasteiger partial charge in [-0.2, -0.15) is 0 Å². The molecule has 0 aliphatic carbocycles. The van der Waals surface area contributed by atoms with E-state index in [-0.39, 0.29) is 0 Å². The molecule has 0 radical (unpaired) electrons. The Kier molecular flexibility index (Phi) is 6.17. The quantitative estimate of drug-likeness (QED) is 0.600. The normalized spacial score (nSPS) is 10.3. The molecule has 0 aliphatic heterocycles. The summed E-state index contributed by atoms with van der Waals surface area (Å²) in [7, 11) is 0. The summed E-state index contributed by atoms with van der Waals surface area (Å²) in [6, 6.07) is 15.4. The van der Waals surface area contributed by atoms with Gasteiger partial charge in [-0.15, -0.1) is 0 Å². The van der Waals surface area contributed by atoms with Crippen LogP contribution in [0.5, 0.6) is 5.75 Å². The summed E-state index contributed by atoms with van der Waals surface area (Å²) >= 11 is 8.42. The van der Waals surface area contributed by atoms with E-state index in [4.69, 9.17) is 27.4 Å². The lowest BCUT2D eigenvalue weighted by molar-refractivity contribution is 0.0886. The zero-order valence-corrected chi connectivity index (χ0v) is 13.8. The molecule has 2 rings (SSSR count). The van der Waals surface area contributed by atoms with Crippen LogP contribution in [0.2, 0.25) is 0 Å². The number of halogens is 1. The SMILES string of the molecule is NC(=S)c1cccc(OCCOCc2ccccc2Br)c1. The van der Waals surface area contributed by atoms with Gasteiger partial charge in [0.1, 0.15) is 17.3 Å².